The standard InChI is InChI=1S/C18H26N4O3/c1-2-25-18(24)15-3-4-16(20-13-15)21-9-11-22(12-10-21)17(23)14-5-7-19-8-6-14/h3-4,13-14,19H,2,5-12H2,1H3. The fourth-order valence-corrected chi connectivity index (χ4v) is 3.39. The van der Waals surface area contributed by atoms with E-state index < -0.39 is 0 Å². The summed E-state index contributed by atoms with van der Waals surface area (Å²) in [5.74, 6) is 0.961. The van der Waals surface area contributed by atoms with Gasteiger partial charge in [-0.2, -0.15) is 0 Å². The third kappa shape index (κ3) is 4.28. The number of piperidine rings is 1. The van der Waals surface area contributed by atoms with Crippen molar-refractivity contribution in [1.82, 2.24) is 15.2 Å². The minimum absolute atomic E-state index is 0.176. The monoisotopic (exact) mass is 346 g/mol. The number of pyridine rings is 1. The number of hydrogen-bond acceptors (Lipinski definition) is 6. The molecule has 2 fully saturated rings. The Labute approximate surface area is 148 Å². The Balaban J connectivity index is 1.53. The summed E-state index contributed by atoms with van der Waals surface area (Å²) < 4.78 is 4.97. The molecule has 1 N–H and O–H groups in total. The first-order valence-electron chi connectivity index (χ1n) is 9.06. The number of hydrogen-bond donors (Lipinski definition) is 1. The molecule has 0 radical (unpaired) electrons. The second-order valence-electron chi connectivity index (χ2n) is 6.46. The molecule has 0 unspecified atom stereocenters. The highest BCUT2D eigenvalue weighted by atomic mass is 16.5. The van der Waals surface area contributed by atoms with Gasteiger partial charge in [0.05, 0.1) is 12.2 Å². The molecule has 0 aromatic carbocycles. The van der Waals surface area contributed by atoms with Gasteiger partial charge in [0.25, 0.3) is 0 Å². The molecule has 25 heavy (non-hydrogen) atoms. The Morgan fingerprint density at radius 3 is 2.52 bits per heavy atom. The highest BCUT2D eigenvalue weighted by Crippen LogP contribution is 2.19. The topological polar surface area (TPSA) is 74.8 Å². The van der Waals surface area contributed by atoms with Crippen LogP contribution in [0.25, 0.3) is 0 Å². The van der Waals surface area contributed by atoms with Gasteiger partial charge in [-0.1, -0.05) is 0 Å². The molecule has 3 rings (SSSR count). The van der Waals surface area contributed by atoms with Crippen LogP contribution in [0.15, 0.2) is 18.3 Å². The normalized spacial score (nSPS) is 18.9. The molecule has 136 valence electrons. The van der Waals surface area contributed by atoms with Crippen molar-refractivity contribution >= 4 is 17.7 Å². The smallest absolute Gasteiger partial charge is 0.339 e. The second-order valence-corrected chi connectivity index (χ2v) is 6.46. The van der Waals surface area contributed by atoms with Gasteiger partial charge in [0.15, 0.2) is 0 Å². The average Bonchev–Trinajstić information content (AvgIpc) is 2.68. The molecule has 1 aromatic heterocycles. The van der Waals surface area contributed by atoms with Gasteiger partial charge in [-0.25, -0.2) is 9.78 Å². The van der Waals surface area contributed by atoms with Gasteiger partial charge in [-0.3, -0.25) is 4.79 Å². The number of carbonyl (C=O) groups is 2. The summed E-state index contributed by atoms with van der Waals surface area (Å²) in [4.78, 5) is 32.8. The predicted molar refractivity (Wildman–Crippen MR) is 94.6 cm³/mol. The lowest BCUT2D eigenvalue weighted by Gasteiger charge is -2.37. The van der Waals surface area contributed by atoms with E-state index in [4.69, 9.17) is 4.74 Å². The maximum atomic E-state index is 12.6. The van der Waals surface area contributed by atoms with Gasteiger partial charge < -0.3 is 19.9 Å². The molecule has 2 aliphatic heterocycles. The van der Waals surface area contributed by atoms with Gasteiger partial charge in [-0.05, 0) is 45.0 Å². The fraction of sp³-hybridized carbons (Fsp3) is 0.611. The van der Waals surface area contributed by atoms with Crippen molar-refractivity contribution in [2.75, 3.05) is 50.8 Å². The van der Waals surface area contributed by atoms with Crippen LogP contribution < -0.4 is 10.2 Å². The maximum absolute atomic E-state index is 12.6. The molecule has 0 spiro atoms. The zero-order valence-corrected chi connectivity index (χ0v) is 14.7. The summed E-state index contributed by atoms with van der Waals surface area (Å²) in [6, 6.07) is 3.59. The summed E-state index contributed by atoms with van der Waals surface area (Å²) >= 11 is 0. The Morgan fingerprint density at radius 1 is 1.20 bits per heavy atom. The lowest BCUT2D eigenvalue weighted by Crippen LogP contribution is -2.51. The Kier molecular flexibility index (Phi) is 5.86. The van der Waals surface area contributed by atoms with Crippen LogP contribution in [0, 0.1) is 5.92 Å². The van der Waals surface area contributed by atoms with E-state index in [0.29, 0.717) is 18.1 Å². The van der Waals surface area contributed by atoms with E-state index in [1.165, 1.54) is 0 Å². The van der Waals surface area contributed by atoms with Crippen LogP contribution in [0.2, 0.25) is 0 Å². The number of nitrogens with zero attached hydrogens (tertiary/aromatic N) is 3. The molecule has 2 aliphatic rings. The molecular formula is C18H26N4O3. The number of piperazine rings is 1. The van der Waals surface area contributed by atoms with Crippen LogP contribution in [0.3, 0.4) is 0 Å². The van der Waals surface area contributed by atoms with Crippen LogP contribution >= 0.6 is 0 Å². The molecule has 7 heteroatoms. The van der Waals surface area contributed by atoms with E-state index in [1.807, 2.05) is 11.0 Å². The lowest BCUT2D eigenvalue weighted by molar-refractivity contribution is -0.136. The third-order valence-corrected chi connectivity index (χ3v) is 4.86. The van der Waals surface area contributed by atoms with Crippen molar-refractivity contribution in [2.45, 2.75) is 19.8 Å². The SMILES string of the molecule is CCOC(=O)c1ccc(N2CCN(C(=O)C3CCNCC3)CC2)nc1. The average molecular weight is 346 g/mol. The van der Waals surface area contributed by atoms with Crippen LogP contribution in [0.1, 0.15) is 30.1 Å². The van der Waals surface area contributed by atoms with E-state index in [0.717, 1.165) is 57.9 Å². The van der Waals surface area contributed by atoms with Gasteiger partial charge >= 0.3 is 5.97 Å². The molecule has 3 heterocycles. The number of carbonyl (C=O) groups excluding carboxylic acids is 2. The van der Waals surface area contributed by atoms with E-state index in [-0.39, 0.29) is 11.9 Å². The highest BCUT2D eigenvalue weighted by Gasteiger charge is 2.28. The first kappa shape index (κ1) is 17.7. The quantitative estimate of drug-likeness (QED) is 0.817. The van der Waals surface area contributed by atoms with Crippen molar-refractivity contribution in [1.29, 1.82) is 0 Å². The predicted octanol–water partition coefficient (Wildman–Crippen LogP) is 0.907. The van der Waals surface area contributed by atoms with E-state index >= 15 is 0 Å². The highest BCUT2D eigenvalue weighted by molar-refractivity contribution is 5.89. The number of nitrogens with one attached hydrogen (secondary N) is 1. The zero-order chi connectivity index (χ0) is 17.6. The zero-order valence-electron chi connectivity index (χ0n) is 14.7. The van der Waals surface area contributed by atoms with Crippen molar-refractivity contribution in [3.8, 4) is 0 Å². The number of rotatable bonds is 4. The Hall–Kier alpha value is -2.15. The van der Waals surface area contributed by atoms with Crippen LogP contribution in [0.5, 0.6) is 0 Å². The number of ether oxygens (including phenoxy) is 1. The second kappa shape index (κ2) is 8.29. The number of amides is 1. The molecule has 1 aromatic rings. The summed E-state index contributed by atoms with van der Waals surface area (Å²) in [6.07, 6.45) is 3.44. The molecule has 0 bridgehead atoms. The third-order valence-electron chi connectivity index (χ3n) is 4.86. The summed E-state index contributed by atoms with van der Waals surface area (Å²) in [7, 11) is 0. The number of aromatic nitrogens is 1. The van der Waals surface area contributed by atoms with Crippen molar-refractivity contribution in [3.05, 3.63) is 23.9 Å². The van der Waals surface area contributed by atoms with Crippen LogP contribution in [-0.4, -0.2) is 67.6 Å². The molecule has 1 amide bonds. The van der Waals surface area contributed by atoms with E-state index in [1.54, 1.807) is 19.2 Å². The first-order valence-corrected chi connectivity index (χ1v) is 9.06. The number of esters is 1. The van der Waals surface area contributed by atoms with Gasteiger partial charge in [0.1, 0.15) is 5.82 Å². The maximum Gasteiger partial charge on any atom is 0.339 e. The van der Waals surface area contributed by atoms with Crippen molar-refractivity contribution in [2.24, 2.45) is 5.92 Å². The van der Waals surface area contributed by atoms with Crippen molar-refractivity contribution < 1.29 is 14.3 Å². The van der Waals surface area contributed by atoms with Crippen LogP contribution in [0.4, 0.5) is 5.82 Å². The summed E-state index contributed by atoms with van der Waals surface area (Å²) in [5, 5.41) is 3.30. The molecular weight excluding hydrogens is 320 g/mol. The van der Waals surface area contributed by atoms with Gasteiger partial charge in [0.2, 0.25) is 5.91 Å². The van der Waals surface area contributed by atoms with Gasteiger partial charge in [-0.15, -0.1) is 0 Å². The number of anilines is 1. The van der Waals surface area contributed by atoms with Crippen molar-refractivity contribution in [3.63, 3.8) is 0 Å². The van der Waals surface area contributed by atoms with E-state index in [9.17, 15) is 9.59 Å². The summed E-state index contributed by atoms with van der Waals surface area (Å²) in [5.41, 5.74) is 0.463. The minimum atomic E-state index is -0.348. The van der Waals surface area contributed by atoms with E-state index in [2.05, 4.69) is 15.2 Å². The Bertz CT molecular complexity index is 591. The first-order chi connectivity index (χ1) is 12.2. The Morgan fingerprint density at radius 2 is 1.92 bits per heavy atom. The largest absolute Gasteiger partial charge is 0.462 e. The summed E-state index contributed by atoms with van der Waals surface area (Å²) in [6.45, 7) is 7.00. The molecule has 0 aliphatic carbocycles. The minimum Gasteiger partial charge on any atom is -0.462 e. The molecule has 7 nitrogen and oxygen atoms in total. The fourth-order valence-electron chi connectivity index (χ4n) is 3.39. The lowest BCUT2D eigenvalue weighted by atomic mass is 9.96. The molecule has 0 atom stereocenters. The molecule has 2 saturated heterocycles. The molecule has 0 saturated carbocycles. The van der Waals surface area contributed by atoms with Crippen LogP contribution in [-0.2, 0) is 9.53 Å². The van der Waals surface area contributed by atoms with Gasteiger partial charge in [0, 0.05) is 38.3 Å².